The lowest BCUT2D eigenvalue weighted by Gasteiger charge is -2.31. The van der Waals surface area contributed by atoms with Gasteiger partial charge in [0.05, 0.1) is 12.5 Å². The van der Waals surface area contributed by atoms with E-state index in [-0.39, 0.29) is 0 Å². The molecule has 0 radical (unpaired) electrons. The summed E-state index contributed by atoms with van der Waals surface area (Å²) in [5.41, 5.74) is 0.750. The molecular formula is C12H16N4O2. The van der Waals surface area contributed by atoms with E-state index in [1.54, 1.807) is 7.11 Å². The fourth-order valence-corrected chi connectivity index (χ4v) is 2.19. The van der Waals surface area contributed by atoms with Crippen molar-refractivity contribution < 1.29 is 9.26 Å². The monoisotopic (exact) mass is 248 g/mol. The first-order chi connectivity index (χ1) is 8.78. The van der Waals surface area contributed by atoms with Gasteiger partial charge in [-0.05, 0) is 12.1 Å². The van der Waals surface area contributed by atoms with Crippen molar-refractivity contribution in [2.75, 3.05) is 38.2 Å². The van der Waals surface area contributed by atoms with Crippen LogP contribution in [-0.2, 0) is 0 Å². The number of aromatic nitrogens is 1. The maximum atomic E-state index is 5.75. The van der Waals surface area contributed by atoms with Crippen molar-refractivity contribution >= 4 is 16.8 Å². The molecule has 1 aromatic heterocycles. The van der Waals surface area contributed by atoms with Gasteiger partial charge in [-0.2, -0.15) is 0 Å². The zero-order chi connectivity index (χ0) is 12.5. The fourth-order valence-electron chi connectivity index (χ4n) is 2.19. The second kappa shape index (κ2) is 4.47. The van der Waals surface area contributed by atoms with Crippen molar-refractivity contribution in [3.8, 4) is 5.75 Å². The van der Waals surface area contributed by atoms with Gasteiger partial charge in [-0.25, -0.2) is 5.01 Å². The first-order valence-electron chi connectivity index (χ1n) is 5.96. The number of rotatable bonds is 2. The van der Waals surface area contributed by atoms with E-state index in [0.29, 0.717) is 0 Å². The highest BCUT2D eigenvalue weighted by Gasteiger charge is 2.20. The number of fused-ring (bicyclic) bond motifs is 1. The Labute approximate surface area is 105 Å². The fraction of sp³-hybridized carbons (Fsp3) is 0.417. The van der Waals surface area contributed by atoms with Crippen LogP contribution in [0.3, 0.4) is 0 Å². The molecule has 6 heteroatoms. The molecule has 0 atom stereocenters. The van der Waals surface area contributed by atoms with Gasteiger partial charge in [0.1, 0.15) is 5.75 Å². The van der Waals surface area contributed by atoms with E-state index in [1.807, 2.05) is 23.2 Å². The topological polar surface area (TPSA) is 67.8 Å². The van der Waals surface area contributed by atoms with Gasteiger partial charge < -0.3 is 14.2 Å². The largest absolute Gasteiger partial charge is 0.497 e. The summed E-state index contributed by atoms with van der Waals surface area (Å²) in [6, 6.07) is 5.75. The van der Waals surface area contributed by atoms with Crippen molar-refractivity contribution in [1.82, 2.24) is 10.2 Å². The number of anilines is 1. The minimum atomic E-state index is 0.750. The minimum Gasteiger partial charge on any atom is -0.497 e. The Balaban J connectivity index is 1.93. The molecule has 0 spiro atoms. The Morgan fingerprint density at radius 2 is 2.06 bits per heavy atom. The smallest absolute Gasteiger partial charge is 0.180 e. The molecule has 0 bridgehead atoms. The van der Waals surface area contributed by atoms with Crippen LogP contribution in [0.5, 0.6) is 5.75 Å². The lowest BCUT2D eigenvalue weighted by molar-refractivity contribution is 0.264. The number of hydrogen-bond acceptors (Lipinski definition) is 6. The highest BCUT2D eigenvalue weighted by Crippen LogP contribution is 2.29. The van der Waals surface area contributed by atoms with Crippen molar-refractivity contribution in [2.45, 2.75) is 0 Å². The molecule has 2 heterocycles. The molecule has 0 saturated carbocycles. The van der Waals surface area contributed by atoms with Crippen LogP contribution in [0.25, 0.3) is 11.0 Å². The molecule has 0 amide bonds. The first kappa shape index (κ1) is 11.3. The molecule has 0 aliphatic carbocycles. The number of methoxy groups -OCH3 is 1. The van der Waals surface area contributed by atoms with E-state index < -0.39 is 0 Å². The van der Waals surface area contributed by atoms with Gasteiger partial charge in [0, 0.05) is 32.2 Å². The molecule has 2 N–H and O–H groups in total. The number of nitrogens with two attached hydrogens (primary N) is 1. The summed E-state index contributed by atoms with van der Waals surface area (Å²) in [6.45, 7) is 3.41. The predicted molar refractivity (Wildman–Crippen MR) is 68.5 cm³/mol. The quantitative estimate of drug-likeness (QED) is 0.794. The van der Waals surface area contributed by atoms with E-state index in [4.69, 9.17) is 15.1 Å². The molecule has 1 aliphatic rings. The predicted octanol–water partition coefficient (Wildman–Crippen LogP) is 0.832. The van der Waals surface area contributed by atoms with Crippen LogP contribution in [0.4, 0.5) is 5.82 Å². The molecule has 0 unspecified atom stereocenters. The third-order valence-electron chi connectivity index (χ3n) is 3.27. The lowest BCUT2D eigenvalue weighted by Crippen LogP contribution is -2.49. The summed E-state index contributed by atoms with van der Waals surface area (Å²) in [5.74, 6) is 7.41. The molecule has 1 saturated heterocycles. The molecule has 1 aromatic carbocycles. The SMILES string of the molecule is COc1ccc2c(N3CCN(N)CC3)noc2c1. The van der Waals surface area contributed by atoms with Crippen molar-refractivity contribution in [3.05, 3.63) is 18.2 Å². The molecule has 1 aliphatic heterocycles. The summed E-state index contributed by atoms with van der Waals surface area (Å²) < 4.78 is 10.5. The number of piperazine rings is 1. The number of hydrazine groups is 1. The number of benzene rings is 1. The van der Waals surface area contributed by atoms with Crippen molar-refractivity contribution in [2.24, 2.45) is 5.84 Å². The normalized spacial score (nSPS) is 17.3. The second-order valence-corrected chi connectivity index (χ2v) is 4.39. The Bertz CT molecular complexity index is 546. The Hall–Kier alpha value is -1.79. The van der Waals surface area contributed by atoms with Gasteiger partial charge in [-0.1, -0.05) is 5.16 Å². The molecule has 2 aromatic rings. The van der Waals surface area contributed by atoms with Crippen LogP contribution >= 0.6 is 0 Å². The van der Waals surface area contributed by atoms with E-state index in [2.05, 4.69) is 10.1 Å². The van der Waals surface area contributed by atoms with Crippen molar-refractivity contribution in [3.63, 3.8) is 0 Å². The molecule has 96 valence electrons. The summed E-state index contributed by atoms with van der Waals surface area (Å²) in [6.07, 6.45) is 0. The van der Waals surface area contributed by atoms with Gasteiger partial charge in [0.25, 0.3) is 0 Å². The molecule has 3 rings (SSSR count). The van der Waals surface area contributed by atoms with Crippen LogP contribution < -0.4 is 15.5 Å². The van der Waals surface area contributed by atoms with Gasteiger partial charge in [-0.3, -0.25) is 5.84 Å². The maximum absolute atomic E-state index is 5.75. The zero-order valence-corrected chi connectivity index (χ0v) is 10.3. The summed E-state index contributed by atoms with van der Waals surface area (Å²) in [7, 11) is 1.64. The Morgan fingerprint density at radius 1 is 1.28 bits per heavy atom. The van der Waals surface area contributed by atoms with E-state index in [1.165, 1.54) is 0 Å². The Morgan fingerprint density at radius 3 is 2.78 bits per heavy atom. The summed E-state index contributed by atoms with van der Waals surface area (Å²) in [4.78, 5) is 2.20. The maximum Gasteiger partial charge on any atom is 0.180 e. The van der Waals surface area contributed by atoms with E-state index in [9.17, 15) is 0 Å². The molecule has 18 heavy (non-hydrogen) atoms. The standard InChI is InChI=1S/C12H16N4O2/c1-17-9-2-3-10-11(8-9)18-14-12(10)15-4-6-16(13)7-5-15/h2-3,8H,4-7,13H2,1H3. The lowest BCUT2D eigenvalue weighted by atomic mass is 10.2. The third kappa shape index (κ3) is 1.89. The number of hydrogen-bond donors (Lipinski definition) is 1. The summed E-state index contributed by atoms with van der Waals surface area (Å²) in [5, 5.41) is 6.99. The number of ether oxygens (including phenoxy) is 1. The summed E-state index contributed by atoms with van der Waals surface area (Å²) >= 11 is 0. The van der Waals surface area contributed by atoms with Crippen LogP contribution in [-0.4, -0.2) is 43.5 Å². The van der Waals surface area contributed by atoms with Crippen LogP contribution in [0.1, 0.15) is 0 Å². The molecule has 6 nitrogen and oxygen atoms in total. The minimum absolute atomic E-state index is 0.750. The van der Waals surface area contributed by atoms with Gasteiger partial charge in [-0.15, -0.1) is 0 Å². The highest BCUT2D eigenvalue weighted by atomic mass is 16.5. The van der Waals surface area contributed by atoms with Gasteiger partial charge in [0.15, 0.2) is 11.4 Å². The second-order valence-electron chi connectivity index (χ2n) is 4.39. The van der Waals surface area contributed by atoms with E-state index in [0.717, 1.165) is 48.7 Å². The molecule has 1 fully saturated rings. The van der Waals surface area contributed by atoms with Gasteiger partial charge >= 0.3 is 0 Å². The Kier molecular flexibility index (Phi) is 2.81. The van der Waals surface area contributed by atoms with E-state index >= 15 is 0 Å². The molecular weight excluding hydrogens is 232 g/mol. The number of nitrogens with zero attached hydrogens (tertiary/aromatic N) is 3. The average molecular weight is 248 g/mol. The first-order valence-corrected chi connectivity index (χ1v) is 5.96. The van der Waals surface area contributed by atoms with Crippen LogP contribution in [0.15, 0.2) is 22.7 Å². The highest BCUT2D eigenvalue weighted by molar-refractivity contribution is 5.89. The zero-order valence-electron chi connectivity index (χ0n) is 10.3. The van der Waals surface area contributed by atoms with Crippen LogP contribution in [0, 0.1) is 0 Å². The van der Waals surface area contributed by atoms with Gasteiger partial charge in [0.2, 0.25) is 0 Å². The average Bonchev–Trinajstić information content (AvgIpc) is 2.82. The van der Waals surface area contributed by atoms with Crippen LogP contribution in [0.2, 0.25) is 0 Å². The third-order valence-corrected chi connectivity index (χ3v) is 3.27. The van der Waals surface area contributed by atoms with Crippen molar-refractivity contribution in [1.29, 1.82) is 0 Å².